The van der Waals surface area contributed by atoms with Gasteiger partial charge in [0.25, 0.3) is 5.91 Å². The number of amides is 1. The molecule has 1 heterocycles. The first-order valence-electron chi connectivity index (χ1n) is 6.12. The Bertz CT molecular complexity index is 407. The van der Waals surface area contributed by atoms with Crippen molar-refractivity contribution in [1.29, 1.82) is 0 Å². The minimum atomic E-state index is -3.44. The highest BCUT2D eigenvalue weighted by Gasteiger charge is 2.43. The molecule has 0 aromatic rings. The van der Waals surface area contributed by atoms with Gasteiger partial charge in [0.1, 0.15) is 0 Å². The second-order valence-electron chi connectivity index (χ2n) is 5.27. The molecule has 1 saturated carbocycles. The van der Waals surface area contributed by atoms with Gasteiger partial charge in [-0.15, -0.1) is 0 Å². The third kappa shape index (κ3) is 2.80. The molecule has 0 aromatic carbocycles. The molecule has 1 aliphatic carbocycles. The maximum Gasteiger partial charge on any atom is 0.250 e. The van der Waals surface area contributed by atoms with E-state index in [-0.39, 0.29) is 11.9 Å². The van der Waals surface area contributed by atoms with E-state index in [1.165, 1.54) is 12.8 Å². The van der Waals surface area contributed by atoms with Crippen LogP contribution in [0.5, 0.6) is 0 Å². The normalized spacial score (nSPS) is 34.4. The summed E-state index contributed by atoms with van der Waals surface area (Å²) >= 11 is 0. The predicted octanol–water partition coefficient (Wildman–Crippen LogP) is 0.325. The number of likely N-dealkylation sites (tertiary alicyclic amines) is 1. The van der Waals surface area contributed by atoms with Crippen LogP contribution in [0.25, 0.3) is 0 Å². The van der Waals surface area contributed by atoms with Gasteiger partial charge in [-0.3, -0.25) is 14.4 Å². The number of carbonyl (C=O) groups is 1. The average Bonchev–Trinajstić information content (AvgIpc) is 2.55. The van der Waals surface area contributed by atoms with Crippen molar-refractivity contribution in [3.05, 3.63) is 0 Å². The van der Waals surface area contributed by atoms with Crippen LogP contribution in [0.4, 0.5) is 0 Å². The average molecular weight is 260 g/mol. The number of likely N-dealkylation sites (N-methyl/N-ethyl adjacent to an activating group) is 1. The number of hydrogen-bond donors (Lipinski definition) is 1. The summed E-state index contributed by atoms with van der Waals surface area (Å²) in [6.45, 7) is 0. The van der Waals surface area contributed by atoms with Crippen molar-refractivity contribution in [2.45, 2.75) is 44.2 Å². The second kappa shape index (κ2) is 4.57. The molecule has 0 spiro atoms. The molecule has 1 amide bonds. The quantitative estimate of drug-likeness (QED) is 0.777. The minimum Gasteiger partial charge on any atom is -0.292 e. The highest BCUT2D eigenvalue weighted by atomic mass is 32.2. The van der Waals surface area contributed by atoms with Crippen molar-refractivity contribution in [3.8, 4) is 0 Å². The Hall–Kier alpha value is -0.620. The van der Waals surface area contributed by atoms with Gasteiger partial charge in [-0.25, -0.2) is 8.42 Å². The molecule has 0 radical (unpaired) electrons. The monoisotopic (exact) mass is 260 g/mol. The van der Waals surface area contributed by atoms with Crippen LogP contribution in [0.3, 0.4) is 0 Å². The number of hydrogen-bond acceptors (Lipinski definition) is 4. The van der Waals surface area contributed by atoms with Gasteiger partial charge in [0.15, 0.2) is 0 Å². The fourth-order valence-electron chi connectivity index (χ4n) is 3.23. The van der Waals surface area contributed by atoms with Gasteiger partial charge in [0.05, 0.1) is 12.3 Å². The van der Waals surface area contributed by atoms with Gasteiger partial charge < -0.3 is 0 Å². The smallest absolute Gasteiger partial charge is 0.250 e. The van der Waals surface area contributed by atoms with Crippen molar-refractivity contribution >= 4 is 15.9 Å². The van der Waals surface area contributed by atoms with E-state index >= 15 is 0 Å². The number of rotatable bonds is 2. The molecule has 1 saturated heterocycles. The van der Waals surface area contributed by atoms with Crippen LogP contribution in [-0.2, 0) is 14.8 Å². The van der Waals surface area contributed by atoms with Crippen LogP contribution in [-0.4, -0.2) is 44.6 Å². The van der Waals surface area contributed by atoms with Crippen LogP contribution < -0.4 is 4.72 Å². The van der Waals surface area contributed by atoms with Crippen molar-refractivity contribution in [1.82, 2.24) is 9.62 Å². The van der Waals surface area contributed by atoms with Crippen LogP contribution in [0, 0.1) is 5.92 Å². The molecule has 1 aliphatic heterocycles. The Kier molecular flexibility index (Phi) is 3.45. The Morgan fingerprint density at radius 1 is 1.29 bits per heavy atom. The molecular formula is C11H20N2O3S. The summed E-state index contributed by atoms with van der Waals surface area (Å²) in [6, 6.07) is 0.178. The SMILES string of the molecule is CN1C(C(=O)NS(C)(=O)=O)CC2CCCCC21. The minimum absolute atomic E-state index is 0.280. The van der Waals surface area contributed by atoms with E-state index in [1.54, 1.807) is 0 Å². The van der Waals surface area contributed by atoms with Gasteiger partial charge >= 0.3 is 0 Å². The molecule has 6 heteroatoms. The first-order valence-corrected chi connectivity index (χ1v) is 8.01. The number of carbonyl (C=O) groups excluding carboxylic acids is 1. The Balaban J connectivity index is 2.05. The van der Waals surface area contributed by atoms with Crippen LogP contribution in [0.15, 0.2) is 0 Å². The van der Waals surface area contributed by atoms with Crippen LogP contribution in [0.1, 0.15) is 32.1 Å². The highest BCUT2D eigenvalue weighted by molar-refractivity contribution is 7.89. The van der Waals surface area contributed by atoms with Gasteiger partial charge in [-0.2, -0.15) is 0 Å². The highest BCUT2D eigenvalue weighted by Crippen LogP contribution is 2.38. The molecule has 2 fully saturated rings. The first kappa shape index (κ1) is 12.8. The van der Waals surface area contributed by atoms with E-state index in [2.05, 4.69) is 9.62 Å². The lowest BCUT2D eigenvalue weighted by molar-refractivity contribution is -0.123. The van der Waals surface area contributed by atoms with Crippen molar-refractivity contribution in [2.75, 3.05) is 13.3 Å². The fourth-order valence-corrected chi connectivity index (χ4v) is 3.73. The summed E-state index contributed by atoms with van der Waals surface area (Å²) in [5, 5.41) is 0. The fraction of sp³-hybridized carbons (Fsp3) is 0.909. The van der Waals surface area contributed by atoms with Crippen LogP contribution in [0.2, 0.25) is 0 Å². The summed E-state index contributed by atoms with van der Waals surface area (Å²) in [6.07, 6.45) is 6.55. The molecule has 17 heavy (non-hydrogen) atoms. The van der Waals surface area contributed by atoms with E-state index < -0.39 is 10.0 Å². The van der Waals surface area contributed by atoms with E-state index in [4.69, 9.17) is 0 Å². The lowest BCUT2D eigenvalue weighted by atomic mass is 9.85. The maximum absolute atomic E-state index is 11.9. The number of nitrogens with zero attached hydrogens (tertiary/aromatic N) is 1. The molecule has 5 nitrogen and oxygen atoms in total. The molecular weight excluding hydrogens is 240 g/mol. The lowest BCUT2D eigenvalue weighted by Crippen LogP contribution is -2.45. The molecule has 98 valence electrons. The summed E-state index contributed by atoms with van der Waals surface area (Å²) in [4.78, 5) is 13.9. The van der Waals surface area contributed by atoms with E-state index in [0.717, 1.165) is 25.5 Å². The largest absolute Gasteiger partial charge is 0.292 e. The molecule has 3 unspecified atom stereocenters. The molecule has 2 aliphatic rings. The van der Waals surface area contributed by atoms with Gasteiger partial charge in [0, 0.05) is 6.04 Å². The lowest BCUT2D eigenvalue weighted by Gasteiger charge is -2.30. The first-order chi connectivity index (χ1) is 7.88. The third-order valence-corrected chi connectivity index (χ3v) is 4.57. The molecule has 1 N–H and O–H groups in total. The summed E-state index contributed by atoms with van der Waals surface area (Å²) < 4.78 is 24.2. The number of nitrogens with one attached hydrogen (secondary N) is 1. The van der Waals surface area contributed by atoms with E-state index in [1.807, 2.05) is 7.05 Å². The number of sulfonamides is 1. The zero-order valence-corrected chi connectivity index (χ0v) is 11.2. The summed E-state index contributed by atoms with van der Waals surface area (Å²) in [5.41, 5.74) is 0. The topological polar surface area (TPSA) is 66.5 Å². The van der Waals surface area contributed by atoms with Gasteiger partial charge in [-0.1, -0.05) is 12.8 Å². The Morgan fingerprint density at radius 2 is 1.94 bits per heavy atom. The summed E-state index contributed by atoms with van der Waals surface area (Å²) in [7, 11) is -1.51. The maximum atomic E-state index is 11.9. The number of fused-ring (bicyclic) bond motifs is 1. The van der Waals surface area contributed by atoms with Crippen LogP contribution >= 0.6 is 0 Å². The Morgan fingerprint density at radius 3 is 2.53 bits per heavy atom. The standard InChI is InChI=1S/C11H20N2O3S/c1-13-9-6-4-3-5-8(9)7-10(13)11(14)12-17(2,15)16/h8-10H,3-7H2,1-2H3,(H,12,14). The second-order valence-corrected chi connectivity index (χ2v) is 7.02. The van der Waals surface area contributed by atoms with E-state index in [9.17, 15) is 13.2 Å². The van der Waals surface area contributed by atoms with Crippen molar-refractivity contribution < 1.29 is 13.2 Å². The third-order valence-electron chi connectivity index (χ3n) is 4.00. The zero-order valence-electron chi connectivity index (χ0n) is 10.3. The van der Waals surface area contributed by atoms with Gasteiger partial charge in [0.2, 0.25) is 10.0 Å². The van der Waals surface area contributed by atoms with Gasteiger partial charge in [-0.05, 0) is 32.2 Å². The molecule has 0 aromatic heterocycles. The molecule has 3 atom stereocenters. The molecule has 0 bridgehead atoms. The predicted molar refractivity (Wildman–Crippen MR) is 64.9 cm³/mol. The summed E-state index contributed by atoms with van der Waals surface area (Å²) in [5.74, 6) is 0.188. The van der Waals surface area contributed by atoms with Crippen molar-refractivity contribution in [2.24, 2.45) is 5.92 Å². The van der Waals surface area contributed by atoms with E-state index in [0.29, 0.717) is 12.0 Å². The van der Waals surface area contributed by atoms with Crippen molar-refractivity contribution in [3.63, 3.8) is 0 Å². The molecule has 2 rings (SSSR count). The zero-order chi connectivity index (χ0) is 12.6. The Labute approximate surface area is 103 Å².